The van der Waals surface area contributed by atoms with Gasteiger partial charge in [0.2, 0.25) is 5.91 Å². The first-order valence-electron chi connectivity index (χ1n) is 12.3. The van der Waals surface area contributed by atoms with Gasteiger partial charge < -0.3 is 19.5 Å². The lowest BCUT2D eigenvalue weighted by atomic mass is 9.82. The molecule has 0 heterocycles. The number of benzene rings is 2. The lowest BCUT2D eigenvalue weighted by Gasteiger charge is -2.34. The van der Waals surface area contributed by atoms with E-state index in [2.05, 4.69) is 6.92 Å². The Morgan fingerprint density at radius 3 is 2.29 bits per heavy atom. The SMILES string of the molecule is COC(=O)c1cc(Oc2ccc(/C=C/O)cc2C(F)(F)F)c(F)cc1N(C(=O)C1CCC(C)CC1)C(C)C. The van der Waals surface area contributed by atoms with Crippen molar-refractivity contribution in [2.75, 3.05) is 12.0 Å². The van der Waals surface area contributed by atoms with Gasteiger partial charge in [-0.1, -0.05) is 13.0 Å². The quantitative estimate of drug-likeness (QED) is 0.225. The van der Waals surface area contributed by atoms with E-state index < -0.39 is 41.1 Å². The highest BCUT2D eigenvalue weighted by Gasteiger charge is 2.36. The highest BCUT2D eigenvalue weighted by molar-refractivity contribution is 6.04. The first-order chi connectivity index (χ1) is 17.9. The Morgan fingerprint density at radius 1 is 1.08 bits per heavy atom. The standard InChI is InChI=1S/C28H31F4NO5/c1-16(2)33(26(35)19-8-5-17(3)6-9-19)23-15-22(29)25(14-20(23)27(36)37-4)38-24-10-7-18(11-12-34)13-21(24)28(30,31)32/h7,10-17,19,34H,5-6,8-9H2,1-4H3/b12-11+. The van der Waals surface area contributed by atoms with E-state index in [1.807, 2.05) is 0 Å². The molecule has 1 aliphatic carbocycles. The van der Waals surface area contributed by atoms with Crippen LogP contribution in [0.1, 0.15) is 67.9 Å². The fourth-order valence-electron chi connectivity index (χ4n) is 4.62. The topological polar surface area (TPSA) is 76.1 Å². The van der Waals surface area contributed by atoms with E-state index in [1.165, 1.54) is 11.0 Å². The second kappa shape index (κ2) is 11.9. The number of halogens is 4. The van der Waals surface area contributed by atoms with Crippen LogP contribution >= 0.6 is 0 Å². The summed E-state index contributed by atoms with van der Waals surface area (Å²) in [7, 11) is 1.11. The minimum atomic E-state index is -4.85. The Morgan fingerprint density at radius 2 is 1.74 bits per heavy atom. The van der Waals surface area contributed by atoms with Crippen LogP contribution in [0.5, 0.6) is 11.5 Å². The predicted molar refractivity (Wildman–Crippen MR) is 135 cm³/mol. The second-order valence-electron chi connectivity index (χ2n) is 9.72. The van der Waals surface area contributed by atoms with Crippen molar-refractivity contribution in [3.63, 3.8) is 0 Å². The molecule has 1 N–H and O–H groups in total. The molecule has 0 aromatic heterocycles. The van der Waals surface area contributed by atoms with Crippen molar-refractivity contribution in [2.24, 2.45) is 11.8 Å². The number of alkyl halides is 3. The molecule has 1 saturated carbocycles. The molecule has 0 bridgehead atoms. The van der Waals surface area contributed by atoms with Crippen molar-refractivity contribution in [3.05, 3.63) is 59.1 Å². The molecule has 0 radical (unpaired) electrons. The Labute approximate surface area is 218 Å². The average molecular weight is 538 g/mol. The Bertz CT molecular complexity index is 1200. The van der Waals surface area contributed by atoms with Gasteiger partial charge in [0.25, 0.3) is 0 Å². The lowest BCUT2D eigenvalue weighted by Crippen LogP contribution is -2.43. The Hall–Kier alpha value is -3.56. The third-order valence-corrected chi connectivity index (χ3v) is 6.63. The zero-order valence-corrected chi connectivity index (χ0v) is 21.6. The number of methoxy groups -OCH3 is 1. The van der Waals surface area contributed by atoms with Crippen LogP contribution in [-0.4, -0.2) is 30.1 Å². The number of hydrogen-bond acceptors (Lipinski definition) is 5. The summed E-state index contributed by atoms with van der Waals surface area (Å²) in [6.45, 7) is 5.57. The van der Waals surface area contributed by atoms with Gasteiger partial charge in [-0.15, -0.1) is 0 Å². The van der Waals surface area contributed by atoms with Gasteiger partial charge >= 0.3 is 12.1 Å². The van der Waals surface area contributed by atoms with Crippen LogP contribution in [0.2, 0.25) is 0 Å². The van der Waals surface area contributed by atoms with Crippen LogP contribution in [0.4, 0.5) is 23.2 Å². The van der Waals surface area contributed by atoms with E-state index in [0.29, 0.717) is 25.0 Å². The van der Waals surface area contributed by atoms with E-state index in [4.69, 9.17) is 14.6 Å². The summed E-state index contributed by atoms with van der Waals surface area (Å²) in [6.07, 6.45) is -0.122. The summed E-state index contributed by atoms with van der Waals surface area (Å²) in [5.41, 5.74) is -1.42. The molecule has 0 atom stereocenters. The maximum Gasteiger partial charge on any atom is 0.420 e. The van der Waals surface area contributed by atoms with Crippen molar-refractivity contribution in [1.82, 2.24) is 0 Å². The summed E-state index contributed by atoms with van der Waals surface area (Å²) in [5.74, 6) is -3.36. The van der Waals surface area contributed by atoms with Gasteiger partial charge in [0.05, 0.1) is 30.2 Å². The van der Waals surface area contributed by atoms with Gasteiger partial charge in [0.15, 0.2) is 11.6 Å². The molecule has 1 fully saturated rings. The van der Waals surface area contributed by atoms with Gasteiger partial charge in [-0.25, -0.2) is 9.18 Å². The summed E-state index contributed by atoms with van der Waals surface area (Å²) in [6, 6.07) is 4.39. The molecule has 38 heavy (non-hydrogen) atoms. The zero-order chi connectivity index (χ0) is 28.2. The number of nitrogens with zero attached hydrogens (tertiary/aromatic N) is 1. The van der Waals surface area contributed by atoms with Crippen molar-refractivity contribution in [1.29, 1.82) is 0 Å². The molecule has 10 heteroatoms. The highest BCUT2D eigenvalue weighted by Crippen LogP contribution is 2.41. The molecule has 0 saturated heterocycles. The molecule has 1 amide bonds. The predicted octanol–water partition coefficient (Wildman–Crippen LogP) is 7.52. The number of carbonyl (C=O) groups is 2. The number of esters is 1. The van der Waals surface area contributed by atoms with Gasteiger partial charge in [-0.3, -0.25) is 4.79 Å². The first kappa shape index (κ1) is 29.0. The molecule has 0 aliphatic heterocycles. The zero-order valence-electron chi connectivity index (χ0n) is 21.6. The largest absolute Gasteiger partial charge is 0.516 e. The number of carbonyl (C=O) groups excluding carboxylic acids is 2. The van der Waals surface area contributed by atoms with E-state index in [9.17, 15) is 22.8 Å². The maximum atomic E-state index is 15.4. The smallest absolute Gasteiger partial charge is 0.420 e. The van der Waals surface area contributed by atoms with Gasteiger partial charge in [-0.2, -0.15) is 13.2 Å². The molecule has 2 aromatic carbocycles. The fraction of sp³-hybridized carbons (Fsp3) is 0.429. The summed E-state index contributed by atoms with van der Waals surface area (Å²) < 4.78 is 66.6. The molecule has 3 rings (SSSR count). The van der Waals surface area contributed by atoms with E-state index >= 15 is 4.39 Å². The maximum absolute atomic E-state index is 15.4. The summed E-state index contributed by atoms with van der Waals surface area (Å²) >= 11 is 0. The molecule has 2 aromatic rings. The highest BCUT2D eigenvalue weighted by atomic mass is 19.4. The number of amides is 1. The van der Waals surface area contributed by atoms with Crippen molar-refractivity contribution < 1.29 is 41.7 Å². The monoisotopic (exact) mass is 537 g/mol. The van der Waals surface area contributed by atoms with Crippen LogP contribution in [-0.2, 0) is 15.7 Å². The first-order valence-corrected chi connectivity index (χ1v) is 12.3. The number of rotatable bonds is 7. The molecule has 0 spiro atoms. The fourth-order valence-corrected chi connectivity index (χ4v) is 4.62. The van der Waals surface area contributed by atoms with Crippen LogP contribution in [0.3, 0.4) is 0 Å². The molecular weight excluding hydrogens is 506 g/mol. The third kappa shape index (κ3) is 6.46. The van der Waals surface area contributed by atoms with Crippen molar-refractivity contribution in [2.45, 2.75) is 58.7 Å². The Balaban J connectivity index is 2.08. The van der Waals surface area contributed by atoms with E-state index in [-0.39, 0.29) is 28.6 Å². The minimum absolute atomic E-state index is 0.0419. The second-order valence-corrected chi connectivity index (χ2v) is 9.72. The van der Waals surface area contributed by atoms with Crippen LogP contribution in [0, 0.1) is 17.7 Å². The summed E-state index contributed by atoms with van der Waals surface area (Å²) in [5, 5.41) is 8.89. The number of ether oxygens (including phenoxy) is 2. The van der Waals surface area contributed by atoms with E-state index in [1.54, 1.807) is 13.8 Å². The van der Waals surface area contributed by atoms with Crippen molar-refractivity contribution >= 4 is 23.6 Å². The number of anilines is 1. The molecule has 206 valence electrons. The molecular formula is C28H31F4NO5. The van der Waals surface area contributed by atoms with Crippen LogP contribution < -0.4 is 9.64 Å². The third-order valence-electron chi connectivity index (χ3n) is 6.63. The number of hydrogen-bond donors (Lipinski definition) is 1. The van der Waals surface area contributed by atoms with Crippen LogP contribution in [0.15, 0.2) is 36.6 Å². The molecule has 6 nitrogen and oxygen atoms in total. The minimum Gasteiger partial charge on any atom is -0.516 e. The van der Waals surface area contributed by atoms with Gasteiger partial charge in [0, 0.05) is 24.1 Å². The Kier molecular flexibility index (Phi) is 9.06. The number of aliphatic hydroxyl groups excluding tert-OH is 1. The molecule has 1 aliphatic rings. The number of aliphatic hydroxyl groups is 1. The molecule has 0 unspecified atom stereocenters. The van der Waals surface area contributed by atoms with Crippen molar-refractivity contribution in [3.8, 4) is 11.5 Å². The normalized spacial score (nSPS) is 18.0. The lowest BCUT2D eigenvalue weighted by molar-refractivity contribution is -0.138. The van der Waals surface area contributed by atoms with Gasteiger partial charge in [-0.05, 0) is 69.2 Å². The van der Waals surface area contributed by atoms with E-state index in [0.717, 1.165) is 50.3 Å². The van der Waals surface area contributed by atoms with Crippen LogP contribution in [0.25, 0.3) is 6.08 Å². The summed E-state index contributed by atoms with van der Waals surface area (Å²) in [4.78, 5) is 27.6. The van der Waals surface area contributed by atoms with Gasteiger partial charge in [0.1, 0.15) is 5.75 Å². The average Bonchev–Trinajstić information content (AvgIpc) is 2.85.